The highest BCUT2D eigenvalue weighted by Gasteiger charge is 2.01. The number of hydrogen-bond donors (Lipinski definition) is 2. The zero-order valence-electron chi connectivity index (χ0n) is 9.10. The molecule has 2 N–H and O–H groups in total. The number of anilines is 1. The molecule has 88 valence electrons. The average molecular weight is 233 g/mol. The van der Waals surface area contributed by atoms with Gasteiger partial charge in [0, 0.05) is 12.1 Å². The van der Waals surface area contributed by atoms with Crippen molar-refractivity contribution in [2.24, 2.45) is 0 Å². The highest BCUT2D eigenvalue weighted by atomic mass is 19.1. The summed E-state index contributed by atoms with van der Waals surface area (Å²) in [5.41, 5.74) is 1.49. The van der Waals surface area contributed by atoms with E-state index in [4.69, 9.17) is 5.11 Å². The van der Waals surface area contributed by atoms with Crippen LogP contribution in [0.3, 0.4) is 0 Å². The van der Waals surface area contributed by atoms with Gasteiger partial charge in [0.25, 0.3) is 0 Å². The third-order valence-electron chi connectivity index (χ3n) is 2.22. The van der Waals surface area contributed by atoms with E-state index in [1.54, 1.807) is 24.3 Å². The van der Waals surface area contributed by atoms with E-state index in [1.807, 2.05) is 0 Å². The van der Waals surface area contributed by atoms with Crippen LogP contribution in [0, 0.1) is 5.82 Å². The van der Waals surface area contributed by atoms with Gasteiger partial charge >= 0.3 is 0 Å². The maximum absolute atomic E-state index is 12.7. The van der Waals surface area contributed by atoms with Gasteiger partial charge in [0.2, 0.25) is 0 Å². The van der Waals surface area contributed by atoms with E-state index < -0.39 is 0 Å². The Balaban J connectivity index is 2.14. The van der Waals surface area contributed by atoms with E-state index >= 15 is 0 Å². The van der Waals surface area contributed by atoms with Gasteiger partial charge in [0.15, 0.2) is 0 Å². The highest BCUT2D eigenvalue weighted by Crippen LogP contribution is 2.17. The Morgan fingerprint density at radius 3 is 2.41 bits per heavy atom. The molecule has 0 amide bonds. The number of nitrogens with zero attached hydrogens (tertiary/aromatic N) is 2. The molecule has 2 aromatic rings. The van der Waals surface area contributed by atoms with Crippen molar-refractivity contribution in [3.63, 3.8) is 0 Å². The number of nitrogens with one attached hydrogen (secondary N) is 1. The van der Waals surface area contributed by atoms with Gasteiger partial charge in [-0.05, 0) is 36.4 Å². The molecule has 0 aliphatic carbocycles. The van der Waals surface area contributed by atoms with E-state index in [-0.39, 0.29) is 12.4 Å². The first-order valence-corrected chi connectivity index (χ1v) is 5.24. The van der Waals surface area contributed by atoms with Crippen LogP contribution in [0.4, 0.5) is 10.2 Å². The van der Waals surface area contributed by atoms with Gasteiger partial charge in [-0.15, -0.1) is 10.2 Å². The van der Waals surface area contributed by atoms with Crippen LogP contribution in [0.1, 0.15) is 0 Å². The van der Waals surface area contributed by atoms with E-state index in [2.05, 4.69) is 15.5 Å². The molecule has 1 heterocycles. The fraction of sp³-hybridized carbons (Fsp3) is 0.167. The molecule has 17 heavy (non-hydrogen) atoms. The summed E-state index contributed by atoms with van der Waals surface area (Å²) in [6.45, 7) is 0.478. The maximum atomic E-state index is 12.7. The molecule has 0 atom stereocenters. The Kier molecular flexibility index (Phi) is 3.62. The first-order chi connectivity index (χ1) is 8.29. The summed E-state index contributed by atoms with van der Waals surface area (Å²) in [5.74, 6) is 0.327. The Hall–Kier alpha value is -2.01. The lowest BCUT2D eigenvalue weighted by Gasteiger charge is -2.03. The first kappa shape index (κ1) is 11.5. The SMILES string of the molecule is OCCNc1ccc(-c2ccc(F)cc2)nn1. The van der Waals surface area contributed by atoms with E-state index in [9.17, 15) is 4.39 Å². The molecule has 0 saturated carbocycles. The number of hydrogen-bond acceptors (Lipinski definition) is 4. The van der Waals surface area contributed by atoms with Crippen LogP contribution in [0.25, 0.3) is 11.3 Å². The molecule has 0 fully saturated rings. The van der Waals surface area contributed by atoms with Gasteiger partial charge in [-0.1, -0.05) is 0 Å². The second-order valence-corrected chi connectivity index (χ2v) is 3.46. The van der Waals surface area contributed by atoms with Gasteiger partial charge in [-0.2, -0.15) is 0 Å². The Labute approximate surface area is 98.1 Å². The Morgan fingerprint density at radius 1 is 1.06 bits per heavy atom. The summed E-state index contributed by atoms with van der Waals surface area (Å²) in [7, 11) is 0. The predicted octanol–water partition coefficient (Wildman–Crippen LogP) is 1.69. The van der Waals surface area contributed by atoms with Crippen LogP contribution in [-0.4, -0.2) is 28.5 Å². The zero-order chi connectivity index (χ0) is 12.1. The number of rotatable bonds is 4. The fourth-order valence-electron chi connectivity index (χ4n) is 1.39. The largest absolute Gasteiger partial charge is 0.395 e. The third kappa shape index (κ3) is 2.98. The molecule has 0 spiro atoms. The van der Waals surface area contributed by atoms with Crippen molar-refractivity contribution in [3.05, 3.63) is 42.2 Å². The average Bonchev–Trinajstić information content (AvgIpc) is 2.38. The van der Waals surface area contributed by atoms with Crippen LogP contribution < -0.4 is 5.32 Å². The molecule has 5 heteroatoms. The van der Waals surface area contributed by atoms with Crippen LogP contribution in [0.15, 0.2) is 36.4 Å². The van der Waals surface area contributed by atoms with Gasteiger partial charge in [-0.25, -0.2) is 4.39 Å². The number of aliphatic hydroxyl groups is 1. The van der Waals surface area contributed by atoms with Crippen LogP contribution in [0.2, 0.25) is 0 Å². The topological polar surface area (TPSA) is 58.0 Å². The summed E-state index contributed by atoms with van der Waals surface area (Å²) in [5, 5.41) is 19.5. The molecule has 0 radical (unpaired) electrons. The molecule has 1 aromatic carbocycles. The number of halogens is 1. The van der Waals surface area contributed by atoms with Gasteiger partial charge in [0.05, 0.1) is 12.3 Å². The lowest BCUT2D eigenvalue weighted by Crippen LogP contribution is -2.07. The molecule has 0 aliphatic rings. The van der Waals surface area contributed by atoms with Crippen molar-refractivity contribution in [3.8, 4) is 11.3 Å². The minimum absolute atomic E-state index is 0.0430. The Bertz CT molecular complexity index is 470. The van der Waals surface area contributed by atoms with Gasteiger partial charge in [0.1, 0.15) is 11.6 Å². The molecule has 0 saturated heterocycles. The number of aromatic nitrogens is 2. The molecule has 0 bridgehead atoms. The molecular formula is C12H12FN3O. The molecular weight excluding hydrogens is 221 g/mol. The van der Waals surface area contributed by atoms with Crippen molar-refractivity contribution in [1.82, 2.24) is 10.2 Å². The summed E-state index contributed by atoms with van der Waals surface area (Å²) in [6, 6.07) is 9.63. The van der Waals surface area contributed by atoms with Crippen LogP contribution >= 0.6 is 0 Å². The van der Waals surface area contributed by atoms with Crippen molar-refractivity contribution in [1.29, 1.82) is 0 Å². The maximum Gasteiger partial charge on any atom is 0.148 e. The highest BCUT2D eigenvalue weighted by molar-refractivity contribution is 5.59. The third-order valence-corrected chi connectivity index (χ3v) is 2.22. The number of aliphatic hydroxyl groups excluding tert-OH is 1. The first-order valence-electron chi connectivity index (χ1n) is 5.24. The zero-order valence-corrected chi connectivity index (χ0v) is 9.10. The van der Waals surface area contributed by atoms with E-state index in [0.717, 1.165) is 5.56 Å². The van der Waals surface area contributed by atoms with Crippen molar-refractivity contribution in [2.75, 3.05) is 18.5 Å². The quantitative estimate of drug-likeness (QED) is 0.843. The molecule has 0 unspecified atom stereocenters. The molecule has 1 aromatic heterocycles. The van der Waals surface area contributed by atoms with Crippen LogP contribution in [0.5, 0.6) is 0 Å². The second-order valence-electron chi connectivity index (χ2n) is 3.46. The van der Waals surface area contributed by atoms with Crippen molar-refractivity contribution in [2.45, 2.75) is 0 Å². The molecule has 0 aliphatic heterocycles. The summed E-state index contributed by atoms with van der Waals surface area (Å²) in [6.07, 6.45) is 0. The monoisotopic (exact) mass is 233 g/mol. The number of benzene rings is 1. The minimum Gasteiger partial charge on any atom is -0.395 e. The summed E-state index contributed by atoms with van der Waals surface area (Å²) in [4.78, 5) is 0. The summed E-state index contributed by atoms with van der Waals surface area (Å²) < 4.78 is 12.7. The van der Waals surface area contributed by atoms with E-state index in [1.165, 1.54) is 12.1 Å². The predicted molar refractivity (Wildman–Crippen MR) is 63.0 cm³/mol. The second kappa shape index (κ2) is 5.36. The standard InChI is InChI=1S/C12H12FN3O/c13-10-3-1-9(2-4-10)11-5-6-12(16-15-11)14-7-8-17/h1-6,17H,7-8H2,(H,14,16). The normalized spacial score (nSPS) is 10.2. The van der Waals surface area contributed by atoms with E-state index in [0.29, 0.717) is 18.1 Å². The summed E-state index contributed by atoms with van der Waals surface area (Å²) >= 11 is 0. The Morgan fingerprint density at radius 2 is 1.82 bits per heavy atom. The fourth-order valence-corrected chi connectivity index (χ4v) is 1.39. The lowest BCUT2D eigenvalue weighted by molar-refractivity contribution is 0.311. The van der Waals surface area contributed by atoms with Crippen molar-refractivity contribution >= 4 is 5.82 Å². The minimum atomic E-state index is -0.275. The lowest BCUT2D eigenvalue weighted by atomic mass is 10.1. The van der Waals surface area contributed by atoms with Crippen LogP contribution in [-0.2, 0) is 0 Å². The smallest absolute Gasteiger partial charge is 0.148 e. The molecule has 4 nitrogen and oxygen atoms in total. The molecule has 2 rings (SSSR count). The van der Waals surface area contributed by atoms with Crippen molar-refractivity contribution < 1.29 is 9.50 Å². The van der Waals surface area contributed by atoms with Gasteiger partial charge < -0.3 is 10.4 Å². The van der Waals surface area contributed by atoms with Gasteiger partial charge in [-0.3, -0.25) is 0 Å².